The highest BCUT2D eigenvalue weighted by molar-refractivity contribution is 5.71. The molecular formula is C25H25FN2O4. The summed E-state index contributed by atoms with van der Waals surface area (Å²) in [6, 6.07) is 18.6. The van der Waals surface area contributed by atoms with Crippen LogP contribution in [0, 0.1) is 19.7 Å². The van der Waals surface area contributed by atoms with Crippen molar-refractivity contribution in [1.29, 1.82) is 0 Å². The molecule has 3 rings (SSSR count). The molecule has 0 saturated carbocycles. The summed E-state index contributed by atoms with van der Waals surface area (Å²) in [4.78, 5) is 27.0. The largest absolute Gasteiger partial charge is 0.489 e. The van der Waals surface area contributed by atoms with Gasteiger partial charge in [0.1, 0.15) is 18.2 Å². The average molecular weight is 436 g/mol. The summed E-state index contributed by atoms with van der Waals surface area (Å²) in [6.45, 7) is 4.22. The lowest BCUT2D eigenvalue weighted by atomic mass is 9.95. The number of benzene rings is 3. The van der Waals surface area contributed by atoms with Gasteiger partial charge in [-0.25, -0.2) is 9.18 Å². The van der Waals surface area contributed by atoms with Crippen molar-refractivity contribution in [3.8, 4) is 16.9 Å². The molecule has 2 amide bonds. The molecule has 3 aromatic rings. The van der Waals surface area contributed by atoms with Crippen LogP contribution in [-0.4, -0.2) is 24.6 Å². The van der Waals surface area contributed by atoms with Crippen LogP contribution >= 0.6 is 0 Å². The van der Waals surface area contributed by atoms with Crippen molar-refractivity contribution >= 4 is 12.5 Å². The Kier molecular flexibility index (Phi) is 7.44. The first kappa shape index (κ1) is 22.8. The molecule has 6 nitrogen and oxygen atoms in total. The third-order valence-corrected chi connectivity index (χ3v) is 4.97. The maximum Gasteiger partial charge on any atom is 0.431 e. The fourth-order valence-electron chi connectivity index (χ4n) is 3.41. The van der Waals surface area contributed by atoms with Crippen molar-refractivity contribution in [1.82, 2.24) is 10.4 Å². The van der Waals surface area contributed by atoms with Crippen molar-refractivity contribution in [3.05, 3.63) is 88.7 Å². The van der Waals surface area contributed by atoms with E-state index in [2.05, 4.69) is 43.4 Å². The Hall–Kier alpha value is -3.87. The van der Waals surface area contributed by atoms with Crippen molar-refractivity contribution in [2.75, 3.05) is 7.05 Å². The first-order valence-electron chi connectivity index (χ1n) is 10.1. The molecule has 0 aliphatic rings. The molecule has 166 valence electrons. The minimum Gasteiger partial charge on any atom is -0.489 e. The quantitative estimate of drug-likeness (QED) is 0.402. The third kappa shape index (κ3) is 5.63. The van der Waals surface area contributed by atoms with E-state index in [1.807, 2.05) is 18.2 Å². The van der Waals surface area contributed by atoms with Crippen molar-refractivity contribution in [3.63, 3.8) is 0 Å². The molecule has 32 heavy (non-hydrogen) atoms. The standard InChI is InChI=1S/C25H25FN2O4/c1-17-6-4-7-18(2)24(17)20-9-5-8-19(12-20)15-31-22-11-10-21(23(26)13-22)14-28(16-29)32-25(30)27-3/h4-13,16H,14-15H2,1-3H3,(H,27,30). The molecule has 0 aliphatic heterocycles. The number of hydrogen-bond acceptors (Lipinski definition) is 4. The van der Waals surface area contributed by atoms with E-state index < -0.39 is 11.9 Å². The van der Waals surface area contributed by atoms with Gasteiger partial charge in [0.05, 0.1) is 6.54 Å². The Morgan fingerprint density at radius 3 is 2.44 bits per heavy atom. The zero-order chi connectivity index (χ0) is 23.1. The van der Waals surface area contributed by atoms with Crippen LogP contribution in [0.2, 0.25) is 0 Å². The van der Waals surface area contributed by atoms with Gasteiger partial charge in [-0.1, -0.05) is 42.5 Å². The van der Waals surface area contributed by atoms with Gasteiger partial charge in [0.15, 0.2) is 0 Å². The van der Waals surface area contributed by atoms with Crippen LogP contribution in [0.5, 0.6) is 5.75 Å². The highest BCUT2D eigenvalue weighted by Crippen LogP contribution is 2.28. The molecule has 0 spiro atoms. The molecule has 0 heterocycles. The minimum absolute atomic E-state index is 0.186. The predicted octanol–water partition coefficient (Wildman–Crippen LogP) is 4.92. The number of nitrogens with one attached hydrogen (secondary N) is 1. The fraction of sp³-hybridized carbons (Fsp3) is 0.200. The molecule has 0 radical (unpaired) electrons. The van der Waals surface area contributed by atoms with E-state index in [0.717, 1.165) is 11.1 Å². The van der Waals surface area contributed by atoms with Crippen LogP contribution < -0.4 is 10.1 Å². The molecule has 0 saturated heterocycles. The number of halogens is 1. The Morgan fingerprint density at radius 2 is 1.78 bits per heavy atom. The number of carbonyl (C=O) groups is 2. The number of carbonyl (C=O) groups excluding carboxylic acids is 2. The Morgan fingerprint density at radius 1 is 1.06 bits per heavy atom. The highest BCUT2D eigenvalue weighted by atomic mass is 19.1. The normalized spacial score (nSPS) is 10.4. The lowest BCUT2D eigenvalue weighted by Crippen LogP contribution is -2.31. The number of amides is 2. The van der Waals surface area contributed by atoms with Gasteiger partial charge in [-0.05, 0) is 53.8 Å². The molecule has 0 atom stereocenters. The molecule has 1 N–H and O–H groups in total. The second-order valence-corrected chi connectivity index (χ2v) is 7.32. The number of aryl methyl sites for hydroxylation is 2. The van der Waals surface area contributed by atoms with Crippen LogP contribution in [0.15, 0.2) is 60.7 Å². The summed E-state index contributed by atoms with van der Waals surface area (Å²) < 4.78 is 20.3. The molecule has 0 aromatic heterocycles. The van der Waals surface area contributed by atoms with E-state index in [1.165, 1.54) is 35.9 Å². The van der Waals surface area contributed by atoms with E-state index >= 15 is 0 Å². The van der Waals surface area contributed by atoms with Gasteiger partial charge in [0, 0.05) is 18.7 Å². The monoisotopic (exact) mass is 436 g/mol. The van der Waals surface area contributed by atoms with Gasteiger partial charge in [-0.3, -0.25) is 4.79 Å². The number of rotatable bonds is 8. The minimum atomic E-state index is -0.819. The summed E-state index contributed by atoms with van der Waals surface area (Å²) in [5.41, 5.74) is 5.85. The van der Waals surface area contributed by atoms with E-state index in [0.29, 0.717) is 17.2 Å². The molecule has 0 bridgehead atoms. The molecule has 0 fully saturated rings. The maximum absolute atomic E-state index is 14.5. The van der Waals surface area contributed by atoms with Gasteiger partial charge in [0.2, 0.25) is 6.41 Å². The Bertz CT molecular complexity index is 1100. The number of hydrogen-bond donors (Lipinski definition) is 1. The van der Waals surface area contributed by atoms with Gasteiger partial charge in [0.25, 0.3) is 0 Å². The summed E-state index contributed by atoms with van der Waals surface area (Å²) in [5.74, 6) is -0.215. The Labute approximate surface area is 186 Å². The number of ether oxygens (including phenoxy) is 1. The van der Waals surface area contributed by atoms with Gasteiger partial charge in [-0.15, -0.1) is 0 Å². The summed E-state index contributed by atoms with van der Waals surface area (Å²) in [7, 11) is 1.36. The summed E-state index contributed by atoms with van der Waals surface area (Å²) in [5, 5.41) is 2.92. The van der Waals surface area contributed by atoms with Gasteiger partial charge < -0.3 is 14.9 Å². The first-order chi connectivity index (χ1) is 15.4. The van der Waals surface area contributed by atoms with Crippen molar-refractivity contribution in [2.45, 2.75) is 27.0 Å². The second kappa shape index (κ2) is 10.4. The second-order valence-electron chi connectivity index (χ2n) is 7.32. The fourth-order valence-corrected chi connectivity index (χ4v) is 3.41. The maximum atomic E-state index is 14.5. The van der Waals surface area contributed by atoms with E-state index in [-0.39, 0.29) is 18.7 Å². The van der Waals surface area contributed by atoms with Crippen molar-refractivity contribution < 1.29 is 23.6 Å². The average Bonchev–Trinajstić information content (AvgIpc) is 2.78. The van der Waals surface area contributed by atoms with E-state index in [1.54, 1.807) is 6.07 Å². The highest BCUT2D eigenvalue weighted by Gasteiger charge is 2.13. The van der Waals surface area contributed by atoms with E-state index in [4.69, 9.17) is 9.57 Å². The molecular weight excluding hydrogens is 411 g/mol. The zero-order valence-corrected chi connectivity index (χ0v) is 18.2. The Balaban J connectivity index is 1.68. The lowest BCUT2D eigenvalue weighted by molar-refractivity contribution is -0.153. The molecule has 0 aliphatic carbocycles. The summed E-state index contributed by atoms with van der Waals surface area (Å²) in [6.07, 6.45) is -0.511. The van der Waals surface area contributed by atoms with Crippen LogP contribution in [0.1, 0.15) is 22.3 Å². The zero-order valence-electron chi connectivity index (χ0n) is 18.2. The number of nitrogens with zero attached hydrogens (tertiary/aromatic N) is 1. The van der Waals surface area contributed by atoms with Gasteiger partial charge in [-0.2, -0.15) is 5.06 Å². The van der Waals surface area contributed by atoms with Crippen LogP contribution in [0.25, 0.3) is 11.1 Å². The topological polar surface area (TPSA) is 67.9 Å². The van der Waals surface area contributed by atoms with Crippen LogP contribution in [0.3, 0.4) is 0 Å². The van der Waals surface area contributed by atoms with Gasteiger partial charge >= 0.3 is 6.09 Å². The molecule has 0 unspecified atom stereocenters. The van der Waals surface area contributed by atoms with Crippen molar-refractivity contribution in [2.24, 2.45) is 0 Å². The third-order valence-electron chi connectivity index (χ3n) is 4.97. The number of hydroxylamine groups is 2. The van der Waals surface area contributed by atoms with Crippen LogP contribution in [0.4, 0.5) is 9.18 Å². The lowest BCUT2D eigenvalue weighted by Gasteiger charge is -2.16. The molecule has 3 aromatic carbocycles. The van der Waals surface area contributed by atoms with Crippen LogP contribution in [-0.2, 0) is 22.8 Å². The smallest absolute Gasteiger partial charge is 0.431 e. The summed E-state index contributed by atoms with van der Waals surface area (Å²) >= 11 is 0. The first-order valence-corrected chi connectivity index (χ1v) is 10.1. The molecule has 7 heteroatoms. The van der Waals surface area contributed by atoms with E-state index in [9.17, 15) is 14.0 Å². The predicted molar refractivity (Wildman–Crippen MR) is 119 cm³/mol. The SMILES string of the molecule is CNC(=O)ON(C=O)Cc1ccc(OCc2cccc(-c3c(C)cccc3C)c2)cc1F.